The summed E-state index contributed by atoms with van der Waals surface area (Å²) in [7, 11) is 0. The molecular formula is C13H16O2. The molecule has 0 amide bonds. The standard InChI is InChI=1S/C13H16O2/c14-11-13(8-4-5-9-13)15-10-12-6-2-1-3-7-12/h1-3,6-7,11H,4-5,8-10H2. The Labute approximate surface area is 90.3 Å². The van der Waals surface area contributed by atoms with Crippen LogP contribution in [0, 0.1) is 0 Å². The minimum Gasteiger partial charge on any atom is -0.363 e. The minimum atomic E-state index is -0.490. The number of carbonyl (C=O) groups excluding carboxylic acids is 1. The fraction of sp³-hybridized carbons (Fsp3) is 0.462. The van der Waals surface area contributed by atoms with Crippen molar-refractivity contribution in [1.82, 2.24) is 0 Å². The largest absolute Gasteiger partial charge is 0.363 e. The molecule has 0 radical (unpaired) electrons. The first-order chi connectivity index (χ1) is 7.35. The van der Waals surface area contributed by atoms with Gasteiger partial charge in [0.15, 0.2) is 6.29 Å². The summed E-state index contributed by atoms with van der Waals surface area (Å²) >= 11 is 0. The molecule has 2 heteroatoms. The van der Waals surface area contributed by atoms with Crippen molar-refractivity contribution in [2.45, 2.75) is 37.9 Å². The highest BCUT2D eigenvalue weighted by Crippen LogP contribution is 2.32. The van der Waals surface area contributed by atoms with Gasteiger partial charge in [0, 0.05) is 0 Å². The Morgan fingerprint density at radius 2 is 1.87 bits per heavy atom. The van der Waals surface area contributed by atoms with Gasteiger partial charge in [-0.2, -0.15) is 0 Å². The monoisotopic (exact) mass is 204 g/mol. The van der Waals surface area contributed by atoms with Crippen molar-refractivity contribution in [3.63, 3.8) is 0 Å². The molecule has 0 aliphatic heterocycles. The molecule has 0 unspecified atom stereocenters. The summed E-state index contributed by atoms with van der Waals surface area (Å²) in [5.74, 6) is 0. The Morgan fingerprint density at radius 1 is 1.20 bits per heavy atom. The van der Waals surface area contributed by atoms with Crippen LogP contribution < -0.4 is 0 Å². The van der Waals surface area contributed by atoms with Crippen LogP contribution in [-0.4, -0.2) is 11.9 Å². The molecule has 0 spiro atoms. The summed E-state index contributed by atoms with van der Waals surface area (Å²) in [4.78, 5) is 11.0. The van der Waals surface area contributed by atoms with Crippen LogP contribution in [0.1, 0.15) is 31.2 Å². The molecule has 2 rings (SSSR count). The van der Waals surface area contributed by atoms with E-state index in [1.54, 1.807) is 0 Å². The zero-order chi connectivity index (χ0) is 10.6. The fourth-order valence-corrected chi connectivity index (χ4v) is 2.07. The van der Waals surface area contributed by atoms with Crippen molar-refractivity contribution in [2.24, 2.45) is 0 Å². The summed E-state index contributed by atoms with van der Waals surface area (Å²) < 4.78 is 5.76. The predicted molar refractivity (Wildman–Crippen MR) is 58.5 cm³/mol. The van der Waals surface area contributed by atoms with Crippen LogP contribution in [-0.2, 0) is 16.1 Å². The Hall–Kier alpha value is -1.15. The van der Waals surface area contributed by atoms with Gasteiger partial charge < -0.3 is 9.53 Å². The van der Waals surface area contributed by atoms with E-state index >= 15 is 0 Å². The van der Waals surface area contributed by atoms with Gasteiger partial charge in [-0.15, -0.1) is 0 Å². The highest BCUT2D eigenvalue weighted by atomic mass is 16.5. The predicted octanol–water partition coefficient (Wildman–Crippen LogP) is 2.71. The maximum atomic E-state index is 11.0. The van der Waals surface area contributed by atoms with Crippen LogP contribution >= 0.6 is 0 Å². The van der Waals surface area contributed by atoms with Gasteiger partial charge in [0.1, 0.15) is 5.60 Å². The lowest BCUT2D eigenvalue weighted by Crippen LogP contribution is -2.30. The van der Waals surface area contributed by atoms with Gasteiger partial charge in [-0.1, -0.05) is 43.2 Å². The molecule has 15 heavy (non-hydrogen) atoms. The second-order valence-electron chi connectivity index (χ2n) is 4.16. The first-order valence-electron chi connectivity index (χ1n) is 5.49. The normalized spacial score (nSPS) is 18.9. The highest BCUT2D eigenvalue weighted by Gasteiger charge is 2.34. The molecule has 0 atom stereocenters. The number of benzene rings is 1. The van der Waals surface area contributed by atoms with Crippen LogP contribution in [0.2, 0.25) is 0 Å². The van der Waals surface area contributed by atoms with Crippen LogP contribution in [0.15, 0.2) is 30.3 Å². The molecule has 1 aromatic carbocycles. The zero-order valence-electron chi connectivity index (χ0n) is 8.82. The average molecular weight is 204 g/mol. The number of ether oxygens (including phenoxy) is 1. The van der Waals surface area contributed by atoms with Gasteiger partial charge in [-0.25, -0.2) is 0 Å². The van der Waals surface area contributed by atoms with E-state index in [1.165, 1.54) is 0 Å². The third-order valence-corrected chi connectivity index (χ3v) is 3.03. The van der Waals surface area contributed by atoms with E-state index in [1.807, 2.05) is 30.3 Å². The fourth-order valence-electron chi connectivity index (χ4n) is 2.07. The van der Waals surface area contributed by atoms with Crippen LogP contribution in [0.25, 0.3) is 0 Å². The Kier molecular flexibility index (Phi) is 3.17. The third kappa shape index (κ3) is 2.45. The van der Waals surface area contributed by atoms with E-state index in [0.717, 1.165) is 37.5 Å². The number of hydrogen-bond acceptors (Lipinski definition) is 2. The smallest absolute Gasteiger partial charge is 0.151 e. The molecular weight excluding hydrogens is 188 g/mol. The first-order valence-corrected chi connectivity index (χ1v) is 5.49. The van der Waals surface area contributed by atoms with Crippen LogP contribution in [0.4, 0.5) is 0 Å². The Morgan fingerprint density at radius 3 is 2.47 bits per heavy atom. The van der Waals surface area contributed by atoms with E-state index < -0.39 is 5.60 Å². The molecule has 0 bridgehead atoms. The quantitative estimate of drug-likeness (QED) is 0.705. The van der Waals surface area contributed by atoms with Crippen molar-refractivity contribution >= 4 is 6.29 Å². The average Bonchev–Trinajstić information content (AvgIpc) is 2.77. The maximum absolute atomic E-state index is 11.0. The molecule has 1 fully saturated rings. The van der Waals surface area contributed by atoms with Gasteiger partial charge in [-0.05, 0) is 18.4 Å². The van der Waals surface area contributed by atoms with E-state index in [9.17, 15) is 4.79 Å². The molecule has 1 aliphatic rings. The summed E-state index contributed by atoms with van der Waals surface area (Å²) in [5, 5.41) is 0. The molecule has 0 heterocycles. The Bertz CT molecular complexity index is 313. The molecule has 1 saturated carbocycles. The van der Waals surface area contributed by atoms with Crippen molar-refractivity contribution in [2.75, 3.05) is 0 Å². The topological polar surface area (TPSA) is 26.3 Å². The van der Waals surface area contributed by atoms with Gasteiger partial charge in [0.25, 0.3) is 0 Å². The summed E-state index contributed by atoms with van der Waals surface area (Å²) in [6, 6.07) is 10.00. The van der Waals surface area contributed by atoms with Crippen molar-refractivity contribution in [3.8, 4) is 0 Å². The van der Waals surface area contributed by atoms with Gasteiger partial charge in [0.05, 0.1) is 6.61 Å². The number of aldehydes is 1. The first kappa shape index (κ1) is 10.4. The highest BCUT2D eigenvalue weighted by molar-refractivity contribution is 5.63. The number of carbonyl (C=O) groups is 1. The molecule has 80 valence electrons. The van der Waals surface area contributed by atoms with Gasteiger partial charge >= 0.3 is 0 Å². The minimum absolute atomic E-state index is 0.490. The lowest BCUT2D eigenvalue weighted by Gasteiger charge is -2.22. The molecule has 0 saturated heterocycles. The lowest BCUT2D eigenvalue weighted by molar-refractivity contribution is -0.132. The maximum Gasteiger partial charge on any atom is 0.151 e. The van der Waals surface area contributed by atoms with Crippen molar-refractivity contribution < 1.29 is 9.53 Å². The van der Waals surface area contributed by atoms with E-state index in [0.29, 0.717) is 6.61 Å². The summed E-state index contributed by atoms with van der Waals surface area (Å²) in [6.45, 7) is 0.541. The second kappa shape index (κ2) is 4.58. The van der Waals surface area contributed by atoms with Gasteiger partial charge in [0.2, 0.25) is 0 Å². The molecule has 1 aliphatic carbocycles. The zero-order valence-corrected chi connectivity index (χ0v) is 8.82. The number of rotatable bonds is 4. The van der Waals surface area contributed by atoms with E-state index in [4.69, 9.17) is 4.74 Å². The van der Waals surface area contributed by atoms with Crippen LogP contribution in [0.5, 0.6) is 0 Å². The van der Waals surface area contributed by atoms with Crippen LogP contribution in [0.3, 0.4) is 0 Å². The third-order valence-electron chi connectivity index (χ3n) is 3.03. The van der Waals surface area contributed by atoms with Crippen molar-refractivity contribution in [1.29, 1.82) is 0 Å². The number of hydrogen-bond donors (Lipinski definition) is 0. The molecule has 0 N–H and O–H groups in total. The molecule has 0 aromatic heterocycles. The second-order valence-corrected chi connectivity index (χ2v) is 4.16. The Balaban J connectivity index is 1.94. The van der Waals surface area contributed by atoms with E-state index in [2.05, 4.69) is 0 Å². The summed E-state index contributed by atoms with van der Waals surface area (Å²) in [5.41, 5.74) is 0.640. The molecule has 1 aromatic rings. The molecule has 2 nitrogen and oxygen atoms in total. The van der Waals surface area contributed by atoms with Gasteiger partial charge in [-0.3, -0.25) is 0 Å². The lowest BCUT2D eigenvalue weighted by atomic mass is 10.0. The van der Waals surface area contributed by atoms with Crippen molar-refractivity contribution in [3.05, 3.63) is 35.9 Å². The SMILES string of the molecule is O=CC1(OCc2ccccc2)CCCC1. The van der Waals surface area contributed by atoms with E-state index in [-0.39, 0.29) is 0 Å². The summed E-state index contributed by atoms with van der Waals surface area (Å²) in [6.07, 6.45) is 4.96.